The summed E-state index contributed by atoms with van der Waals surface area (Å²) in [5.74, 6) is 1.09. The van der Waals surface area contributed by atoms with Crippen molar-refractivity contribution in [3.63, 3.8) is 0 Å². The Morgan fingerprint density at radius 1 is 1.05 bits per heavy atom. The number of benzene rings is 2. The summed E-state index contributed by atoms with van der Waals surface area (Å²) in [4.78, 5) is 4.72. The zero-order valence-corrected chi connectivity index (χ0v) is 13.6. The summed E-state index contributed by atoms with van der Waals surface area (Å²) in [5.41, 5.74) is 3.55. The van der Waals surface area contributed by atoms with Crippen molar-refractivity contribution in [3.8, 4) is 0 Å². The van der Waals surface area contributed by atoms with Gasteiger partial charge in [0.1, 0.15) is 5.82 Å². The second-order valence-corrected chi connectivity index (χ2v) is 5.91. The van der Waals surface area contributed by atoms with E-state index in [0.29, 0.717) is 0 Å². The van der Waals surface area contributed by atoms with Crippen LogP contribution in [0.2, 0.25) is 0 Å². The maximum absolute atomic E-state index is 4.72. The molecular weight excluding hydrogens is 326 g/mol. The normalized spacial score (nSPS) is 11.1. The highest BCUT2D eigenvalue weighted by atomic mass is 79.9. The van der Waals surface area contributed by atoms with E-state index in [-0.39, 0.29) is 0 Å². The second-order valence-electron chi connectivity index (χ2n) is 4.99. The first-order chi connectivity index (χ1) is 10.3. The van der Waals surface area contributed by atoms with Crippen LogP contribution in [0, 0.1) is 0 Å². The smallest absolute Gasteiger partial charge is 0.123 e. The summed E-state index contributed by atoms with van der Waals surface area (Å²) < 4.78 is 3.38. The van der Waals surface area contributed by atoms with E-state index in [1.807, 2.05) is 6.07 Å². The molecule has 21 heavy (non-hydrogen) atoms. The number of imidazole rings is 1. The van der Waals surface area contributed by atoms with Crippen LogP contribution in [-0.2, 0) is 19.6 Å². The van der Waals surface area contributed by atoms with Gasteiger partial charge < -0.3 is 9.88 Å². The van der Waals surface area contributed by atoms with Gasteiger partial charge in [0.25, 0.3) is 0 Å². The van der Waals surface area contributed by atoms with Gasteiger partial charge in [-0.2, -0.15) is 0 Å². The average Bonchev–Trinajstić information content (AvgIpc) is 2.86. The maximum Gasteiger partial charge on any atom is 0.123 e. The minimum atomic E-state index is 0.776. The lowest BCUT2D eigenvalue weighted by molar-refractivity contribution is 0.621. The molecular formula is C17H18BrN3. The van der Waals surface area contributed by atoms with Gasteiger partial charge in [-0.1, -0.05) is 40.2 Å². The standard InChI is InChI=1S/C17H18BrN3/c1-2-21-16-6-4-3-5-15(16)20-17(21)12-19-11-13-7-9-14(18)10-8-13/h3-10,19H,2,11-12H2,1H3. The minimum Gasteiger partial charge on any atom is -0.327 e. The molecule has 0 aliphatic carbocycles. The molecule has 0 radical (unpaired) electrons. The van der Waals surface area contributed by atoms with Crippen molar-refractivity contribution in [1.82, 2.24) is 14.9 Å². The van der Waals surface area contributed by atoms with E-state index in [9.17, 15) is 0 Å². The molecule has 1 heterocycles. The Morgan fingerprint density at radius 2 is 1.81 bits per heavy atom. The third-order valence-electron chi connectivity index (χ3n) is 3.58. The summed E-state index contributed by atoms with van der Waals surface area (Å²) in [7, 11) is 0. The monoisotopic (exact) mass is 343 g/mol. The van der Waals surface area contributed by atoms with Crippen molar-refractivity contribution in [1.29, 1.82) is 0 Å². The number of nitrogens with one attached hydrogen (secondary N) is 1. The Labute approximate surface area is 133 Å². The fourth-order valence-electron chi connectivity index (χ4n) is 2.53. The topological polar surface area (TPSA) is 29.9 Å². The second kappa shape index (κ2) is 6.41. The summed E-state index contributed by atoms with van der Waals surface area (Å²) in [6.07, 6.45) is 0. The lowest BCUT2D eigenvalue weighted by Gasteiger charge is -2.08. The summed E-state index contributed by atoms with van der Waals surface area (Å²) in [6.45, 7) is 4.72. The van der Waals surface area contributed by atoms with Crippen molar-refractivity contribution < 1.29 is 0 Å². The third-order valence-corrected chi connectivity index (χ3v) is 4.10. The van der Waals surface area contributed by atoms with Gasteiger partial charge in [0, 0.05) is 17.6 Å². The molecule has 3 rings (SSSR count). The highest BCUT2D eigenvalue weighted by Gasteiger charge is 2.08. The molecule has 4 heteroatoms. The Balaban J connectivity index is 1.71. The lowest BCUT2D eigenvalue weighted by Crippen LogP contribution is -2.16. The molecule has 3 nitrogen and oxygen atoms in total. The SMILES string of the molecule is CCn1c(CNCc2ccc(Br)cc2)nc2ccccc21. The van der Waals surface area contributed by atoms with Gasteiger partial charge in [-0.15, -0.1) is 0 Å². The molecule has 1 aromatic heterocycles. The Morgan fingerprint density at radius 3 is 2.57 bits per heavy atom. The first-order valence-electron chi connectivity index (χ1n) is 7.17. The van der Waals surface area contributed by atoms with Crippen LogP contribution in [0.25, 0.3) is 11.0 Å². The predicted molar refractivity (Wildman–Crippen MR) is 90.1 cm³/mol. The molecule has 0 fully saturated rings. The number of hydrogen-bond acceptors (Lipinski definition) is 2. The molecule has 108 valence electrons. The number of nitrogens with zero attached hydrogens (tertiary/aromatic N) is 2. The van der Waals surface area contributed by atoms with E-state index in [4.69, 9.17) is 4.98 Å². The molecule has 0 saturated heterocycles. The molecule has 2 aromatic carbocycles. The predicted octanol–water partition coefficient (Wildman–Crippen LogP) is 4.11. The number of para-hydroxylation sites is 2. The van der Waals surface area contributed by atoms with E-state index in [2.05, 4.69) is 75.2 Å². The molecule has 1 N–H and O–H groups in total. The molecule has 0 aliphatic rings. The van der Waals surface area contributed by atoms with E-state index in [1.165, 1.54) is 11.1 Å². The van der Waals surface area contributed by atoms with Crippen molar-refractivity contribution in [3.05, 3.63) is 64.4 Å². The zero-order chi connectivity index (χ0) is 14.7. The van der Waals surface area contributed by atoms with Crippen LogP contribution in [0.1, 0.15) is 18.3 Å². The van der Waals surface area contributed by atoms with Crippen molar-refractivity contribution in [2.24, 2.45) is 0 Å². The average molecular weight is 344 g/mol. The molecule has 0 saturated carbocycles. The summed E-state index contributed by atoms with van der Waals surface area (Å²) in [6, 6.07) is 16.7. The number of aryl methyl sites for hydroxylation is 1. The molecule has 3 aromatic rings. The van der Waals surface area contributed by atoms with Gasteiger partial charge in [-0.25, -0.2) is 4.98 Å². The molecule has 0 atom stereocenters. The van der Waals surface area contributed by atoms with Gasteiger partial charge in [0.2, 0.25) is 0 Å². The highest BCUT2D eigenvalue weighted by molar-refractivity contribution is 9.10. The van der Waals surface area contributed by atoms with Crippen molar-refractivity contribution >= 4 is 27.0 Å². The highest BCUT2D eigenvalue weighted by Crippen LogP contribution is 2.16. The number of fused-ring (bicyclic) bond motifs is 1. The molecule has 0 bridgehead atoms. The van der Waals surface area contributed by atoms with Crippen LogP contribution >= 0.6 is 15.9 Å². The van der Waals surface area contributed by atoms with E-state index in [1.54, 1.807) is 0 Å². The molecule has 0 spiro atoms. The van der Waals surface area contributed by atoms with Crippen molar-refractivity contribution in [2.75, 3.05) is 0 Å². The van der Waals surface area contributed by atoms with Crippen molar-refractivity contribution in [2.45, 2.75) is 26.6 Å². The first kappa shape index (κ1) is 14.3. The number of hydrogen-bond donors (Lipinski definition) is 1. The third kappa shape index (κ3) is 3.17. The van der Waals surface area contributed by atoms with E-state index < -0.39 is 0 Å². The van der Waals surface area contributed by atoms with Gasteiger partial charge in [0.05, 0.1) is 17.6 Å². The van der Waals surface area contributed by atoms with Gasteiger partial charge >= 0.3 is 0 Å². The Hall–Kier alpha value is -1.65. The number of rotatable bonds is 5. The maximum atomic E-state index is 4.72. The Bertz CT molecular complexity index is 731. The van der Waals surface area contributed by atoms with Crippen LogP contribution in [-0.4, -0.2) is 9.55 Å². The number of halogens is 1. The van der Waals surface area contributed by atoms with Crippen LogP contribution in [0.3, 0.4) is 0 Å². The molecule has 0 aliphatic heterocycles. The van der Waals surface area contributed by atoms with E-state index >= 15 is 0 Å². The minimum absolute atomic E-state index is 0.776. The summed E-state index contributed by atoms with van der Waals surface area (Å²) in [5, 5.41) is 3.47. The lowest BCUT2D eigenvalue weighted by atomic mass is 10.2. The molecule has 0 amide bonds. The fraction of sp³-hybridized carbons (Fsp3) is 0.235. The molecule has 0 unspecified atom stereocenters. The fourth-order valence-corrected chi connectivity index (χ4v) is 2.80. The zero-order valence-electron chi connectivity index (χ0n) is 12.0. The van der Waals surface area contributed by atoms with E-state index in [0.717, 1.165) is 35.4 Å². The van der Waals surface area contributed by atoms with Crippen LogP contribution < -0.4 is 5.32 Å². The quantitative estimate of drug-likeness (QED) is 0.755. The largest absolute Gasteiger partial charge is 0.327 e. The summed E-state index contributed by atoms with van der Waals surface area (Å²) >= 11 is 3.46. The van der Waals surface area contributed by atoms with Crippen LogP contribution in [0.15, 0.2) is 53.0 Å². The number of aromatic nitrogens is 2. The van der Waals surface area contributed by atoms with Crippen LogP contribution in [0.5, 0.6) is 0 Å². The van der Waals surface area contributed by atoms with Gasteiger partial charge in [-0.3, -0.25) is 0 Å². The Kier molecular flexibility index (Phi) is 4.36. The first-order valence-corrected chi connectivity index (χ1v) is 7.96. The van der Waals surface area contributed by atoms with Gasteiger partial charge in [0.15, 0.2) is 0 Å². The van der Waals surface area contributed by atoms with Gasteiger partial charge in [-0.05, 0) is 36.8 Å². The van der Waals surface area contributed by atoms with Crippen LogP contribution in [0.4, 0.5) is 0 Å².